The van der Waals surface area contributed by atoms with Gasteiger partial charge in [0.1, 0.15) is 6.54 Å². The molecule has 0 radical (unpaired) electrons. The van der Waals surface area contributed by atoms with E-state index < -0.39 is 0 Å². The molecule has 5 heteroatoms. The summed E-state index contributed by atoms with van der Waals surface area (Å²) in [5.41, 5.74) is 2.23. The van der Waals surface area contributed by atoms with Gasteiger partial charge in [-0.15, -0.1) is 0 Å². The number of aromatic nitrogens is 2. The van der Waals surface area contributed by atoms with Crippen LogP contribution < -0.4 is 5.56 Å². The number of benzene rings is 2. The Hall–Kier alpha value is -3.21. The van der Waals surface area contributed by atoms with Crippen LogP contribution in [0.5, 0.6) is 0 Å². The van der Waals surface area contributed by atoms with Crippen molar-refractivity contribution in [3.63, 3.8) is 0 Å². The molecule has 4 rings (SSSR count). The largest absolute Gasteiger partial charge is 0.337 e. The highest BCUT2D eigenvalue weighted by Gasteiger charge is 2.19. The molecule has 0 unspecified atom stereocenters. The summed E-state index contributed by atoms with van der Waals surface area (Å²) in [4.78, 5) is 26.9. The van der Waals surface area contributed by atoms with Crippen LogP contribution >= 0.6 is 0 Å². The lowest BCUT2D eigenvalue weighted by molar-refractivity contribution is -0.131. The van der Waals surface area contributed by atoms with E-state index in [1.54, 1.807) is 17.2 Å². The minimum Gasteiger partial charge on any atom is -0.337 e. The first-order valence-electron chi connectivity index (χ1n) is 8.69. The molecule has 0 bridgehead atoms. The Morgan fingerprint density at radius 2 is 1.81 bits per heavy atom. The quantitative estimate of drug-likeness (QED) is 0.733. The molecule has 2 heterocycles. The lowest BCUT2D eigenvalue weighted by Gasteiger charge is -2.26. The zero-order valence-corrected chi connectivity index (χ0v) is 14.3. The first-order valence-corrected chi connectivity index (χ1v) is 8.69. The molecule has 5 nitrogen and oxygen atoms in total. The van der Waals surface area contributed by atoms with Gasteiger partial charge in [0.25, 0.3) is 5.56 Å². The van der Waals surface area contributed by atoms with Crippen molar-refractivity contribution in [3.8, 4) is 0 Å². The number of carbonyl (C=O) groups is 1. The fourth-order valence-electron chi connectivity index (χ4n) is 3.28. The van der Waals surface area contributed by atoms with Gasteiger partial charge < -0.3 is 4.90 Å². The zero-order chi connectivity index (χ0) is 17.9. The van der Waals surface area contributed by atoms with Crippen LogP contribution in [0, 0.1) is 0 Å². The minimum absolute atomic E-state index is 0.0296. The van der Waals surface area contributed by atoms with E-state index in [1.807, 2.05) is 36.4 Å². The standard InChI is InChI=1S/C21H19N3O2/c25-20(15-24-21(26)19-9-5-4-8-18(19)14-22-24)23-12-10-17(11-13-23)16-6-2-1-3-7-16/h1-10,14H,11-13,15H2. The zero-order valence-electron chi connectivity index (χ0n) is 14.3. The smallest absolute Gasteiger partial charge is 0.275 e. The van der Waals surface area contributed by atoms with Crippen molar-refractivity contribution < 1.29 is 4.79 Å². The summed E-state index contributed by atoms with van der Waals surface area (Å²) in [6, 6.07) is 17.5. The first-order chi connectivity index (χ1) is 12.7. The van der Waals surface area contributed by atoms with Gasteiger partial charge in [-0.2, -0.15) is 5.10 Å². The van der Waals surface area contributed by atoms with Crippen LogP contribution in [-0.4, -0.2) is 33.7 Å². The first kappa shape index (κ1) is 16.3. The maximum Gasteiger partial charge on any atom is 0.275 e. The number of hydrogen-bond acceptors (Lipinski definition) is 3. The third kappa shape index (κ3) is 3.16. The second kappa shape index (κ2) is 6.96. The monoisotopic (exact) mass is 345 g/mol. The molecular formula is C21H19N3O2. The highest BCUT2D eigenvalue weighted by molar-refractivity contribution is 5.81. The summed E-state index contributed by atoms with van der Waals surface area (Å²) in [5.74, 6) is -0.0850. The van der Waals surface area contributed by atoms with Gasteiger partial charge in [-0.25, -0.2) is 4.68 Å². The number of amides is 1. The molecule has 3 aromatic rings. The van der Waals surface area contributed by atoms with E-state index in [-0.39, 0.29) is 18.0 Å². The summed E-state index contributed by atoms with van der Waals surface area (Å²) in [5, 5.41) is 5.52. The van der Waals surface area contributed by atoms with Crippen LogP contribution in [0.3, 0.4) is 0 Å². The Morgan fingerprint density at radius 3 is 2.58 bits per heavy atom. The molecule has 0 saturated carbocycles. The van der Waals surface area contributed by atoms with Crippen molar-refractivity contribution in [2.75, 3.05) is 13.1 Å². The van der Waals surface area contributed by atoms with Crippen molar-refractivity contribution in [3.05, 3.63) is 82.8 Å². The Bertz CT molecular complexity index is 1040. The lowest BCUT2D eigenvalue weighted by Crippen LogP contribution is -2.39. The van der Waals surface area contributed by atoms with Crippen molar-refractivity contribution in [1.29, 1.82) is 0 Å². The van der Waals surface area contributed by atoms with Crippen LogP contribution in [0.2, 0.25) is 0 Å². The topological polar surface area (TPSA) is 55.2 Å². The van der Waals surface area contributed by atoms with Gasteiger partial charge in [-0.3, -0.25) is 9.59 Å². The van der Waals surface area contributed by atoms with Crippen molar-refractivity contribution in [2.24, 2.45) is 0 Å². The Kier molecular flexibility index (Phi) is 4.35. The minimum atomic E-state index is -0.228. The van der Waals surface area contributed by atoms with E-state index in [1.165, 1.54) is 15.8 Å². The molecule has 130 valence electrons. The van der Waals surface area contributed by atoms with Gasteiger partial charge in [0.2, 0.25) is 5.91 Å². The Balaban J connectivity index is 1.49. The van der Waals surface area contributed by atoms with Gasteiger partial charge in [0.05, 0.1) is 11.6 Å². The molecule has 2 aromatic carbocycles. The van der Waals surface area contributed by atoms with E-state index in [2.05, 4.69) is 23.3 Å². The fourth-order valence-corrected chi connectivity index (χ4v) is 3.28. The summed E-state index contributed by atoms with van der Waals surface area (Å²) >= 11 is 0. The maximum absolute atomic E-state index is 12.6. The van der Waals surface area contributed by atoms with Crippen molar-refractivity contribution in [2.45, 2.75) is 13.0 Å². The molecule has 1 aliphatic rings. The van der Waals surface area contributed by atoms with Gasteiger partial charge in [0.15, 0.2) is 0 Å². The van der Waals surface area contributed by atoms with Gasteiger partial charge in [-0.05, 0) is 23.6 Å². The molecule has 0 fully saturated rings. The predicted molar refractivity (Wildman–Crippen MR) is 102 cm³/mol. The highest BCUT2D eigenvalue weighted by atomic mass is 16.2. The fraction of sp³-hybridized carbons (Fsp3) is 0.190. The molecule has 0 atom stereocenters. The van der Waals surface area contributed by atoms with Crippen molar-refractivity contribution in [1.82, 2.24) is 14.7 Å². The summed E-state index contributed by atoms with van der Waals surface area (Å²) < 4.78 is 1.25. The molecule has 0 aliphatic carbocycles. The average molecular weight is 345 g/mol. The molecule has 1 aromatic heterocycles. The number of nitrogens with zero attached hydrogens (tertiary/aromatic N) is 3. The van der Waals surface area contributed by atoms with Crippen LogP contribution in [0.1, 0.15) is 12.0 Å². The van der Waals surface area contributed by atoms with E-state index in [9.17, 15) is 9.59 Å². The lowest BCUT2D eigenvalue weighted by atomic mass is 9.99. The number of carbonyl (C=O) groups excluding carboxylic acids is 1. The third-order valence-corrected chi connectivity index (χ3v) is 4.75. The summed E-state index contributed by atoms with van der Waals surface area (Å²) in [7, 11) is 0. The molecular weight excluding hydrogens is 326 g/mol. The van der Waals surface area contributed by atoms with Crippen LogP contribution in [0.25, 0.3) is 16.3 Å². The van der Waals surface area contributed by atoms with Crippen LogP contribution in [0.15, 0.2) is 71.7 Å². The number of rotatable bonds is 3. The van der Waals surface area contributed by atoms with Crippen molar-refractivity contribution >= 4 is 22.3 Å². The second-order valence-electron chi connectivity index (χ2n) is 6.38. The van der Waals surface area contributed by atoms with E-state index in [0.29, 0.717) is 18.5 Å². The number of hydrogen-bond donors (Lipinski definition) is 0. The Labute approximate surface area is 151 Å². The van der Waals surface area contributed by atoms with Crippen LogP contribution in [0.4, 0.5) is 0 Å². The predicted octanol–water partition coefficient (Wildman–Crippen LogP) is 2.71. The average Bonchev–Trinajstić information content (AvgIpc) is 2.71. The molecule has 1 aliphatic heterocycles. The molecule has 0 N–H and O–H groups in total. The van der Waals surface area contributed by atoms with Crippen LogP contribution in [-0.2, 0) is 11.3 Å². The maximum atomic E-state index is 12.6. The van der Waals surface area contributed by atoms with Gasteiger partial charge in [0, 0.05) is 18.5 Å². The molecule has 0 saturated heterocycles. The van der Waals surface area contributed by atoms with Gasteiger partial charge >= 0.3 is 0 Å². The van der Waals surface area contributed by atoms with E-state index >= 15 is 0 Å². The molecule has 0 spiro atoms. The van der Waals surface area contributed by atoms with E-state index in [0.717, 1.165) is 11.8 Å². The third-order valence-electron chi connectivity index (χ3n) is 4.75. The van der Waals surface area contributed by atoms with Gasteiger partial charge in [-0.1, -0.05) is 54.6 Å². The molecule has 1 amide bonds. The highest BCUT2D eigenvalue weighted by Crippen LogP contribution is 2.22. The second-order valence-corrected chi connectivity index (χ2v) is 6.38. The SMILES string of the molecule is O=C(Cn1ncc2ccccc2c1=O)N1CC=C(c2ccccc2)CC1. The normalized spacial score (nSPS) is 14.3. The summed E-state index contributed by atoms with van der Waals surface area (Å²) in [6.45, 7) is 1.19. The number of fused-ring (bicyclic) bond motifs is 1. The molecule has 26 heavy (non-hydrogen) atoms. The van der Waals surface area contributed by atoms with E-state index in [4.69, 9.17) is 0 Å². The Morgan fingerprint density at radius 1 is 1.04 bits per heavy atom. The summed E-state index contributed by atoms with van der Waals surface area (Å²) in [6.07, 6.45) is 4.54.